The average molecular weight is 433 g/mol. The van der Waals surface area contributed by atoms with Crippen LogP contribution in [0.1, 0.15) is 58.4 Å². The third-order valence-corrected chi connectivity index (χ3v) is 5.95. The van der Waals surface area contributed by atoms with Crippen LogP contribution < -0.4 is 0 Å². The summed E-state index contributed by atoms with van der Waals surface area (Å²) in [7, 11) is 0. The Kier molecular flexibility index (Phi) is 7.28. The van der Waals surface area contributed by atoms with Crippen molar-refractivity contribution in [3.05, 3.63) is 101 Å². The van der Waals surface area contributed by atoms with Crippen LogP contribution in [0.5, 0.6) is 0 Å². The molecule has 0 radical (unpaired) electrons. The summed E-state index contributed by atoms with van der Waals surface area (Å²) in [5.74, 6) is 0.0801. The van der Waals surface area contributed by atoms with Crippen LogP contribution in [0.3, 0.4) is 0 Å². The summed E-state index contributed by atoms with van der Waals surface area (Å²) < 4.78 is 18.8. The number of aromatic nitrogens is 1. The summed E-state index contributed by atoms with van der Waals surface area (Å²) in [5, 5.41) is 0. The number of ether oxygens (including phenoxy) is 1. The number of hydrogen-bond acceptors (Lipinski definition) is 3. The van der Waals surface area contributed by atoms with E-state index in [1.165, 1.54) is 6.07 Å². The zero-order chi connectivity index (χ0) is 22.3. The number of carbonyl (C=O) groups is 1. The molecule has 2 aromatic carbocycles. The number of pyridine rings is 1. The lowest BCUT2D eigenvalue weighted by atomic mass is 9.93. The van der Waals surface area contributed by atoms with Crippen molar-refractivity contribution in [3.63, 3.8) is 0 Å². The molecule has 1 aromatic heterocycles. The topological polar surface area (TPSA) is 42.4 Å². The average Bonchev–Trinajstić information content (AvgIpc) is 2.83. The van der Waals surface area contributed by atoms with Crippen molar-refractivity contribution in [2.24, 2.45) is 0 Å². The van der Waals surface area contributed by atoms with Crippen LogP contribution in [-0.4, -0.2) is 35.5 Å². The van der Waals surface area contributed by atoms with Gasteiger partial charge in [-0.05, 0) is 73.2 Å². The van der Waals surface area contributed by atoms with Crippen molar-refractivity contribution in [1.29, 1.82) is 0 Å². The van der Waals surface area contributed by atoms with Crippen LogP contribution in [0, 0.1) is 5.82 Å². The van der Waals surface area contributed by atoms with Gasteiger partial charge in [0.25, 0.3) is 5.91 Å². The van der Waals surface area contributed by atoms with Crippen molar-refractivity contribution in [3.8, 4) is 0 Å². The number of halogens is 1. The van der Waals surface area contributed by atoms with E-state index in [1.54, 1.807) is 12.1 Å². The van der Waals surface area contributed by atoms with Crippen LogP contribution in [0.2, 0.25) is 0 Å². The van der Waals surface area contributed by atoms with Crippen molar-refractivity contribution < 1.29 is 13.9 Å². The van der Waals surface area contributed by atoms with E-state index >= 15 is 0 Å². The lowest BCUT2D eigenvalue weighted by Crippen LogP contribution is -2.39. The summed E-state index contributed by atoms with van der Waals surface area (Å²) >= 11 is 0. The Morgan fingerprint density at radius 3 is 2.62 bits per heavy atom. The second kappa shape index (κ2) is 10.5. The molecule has 1 aliphatic rings. The van der Waals surface area contributed by atoms with E-state index in [-0.39, 0.29) is 17.6 Å². The second-order valence-corrected chi connectivity index (χ2v) is 8.32. The van der Waals surface area contributed by atoms with Gasteiger partial charge in [0.2, 0.25) is 0 Å². The molecule has 2 heterocycles. The Morgan fingerprint density at radius 2 is 1.91 bits per heavy atom. The smallest absolute Gasteiger partial charge is 0.253 e. The molecule has 0 aliphatic carbocycles. The Bertz CT molecular complexity index is 1030. The van der Waals surface area contributed by atoms with E-state index in [0.717, 1.165) is 41.8 Å². The van der Waals surface area contributed by atoms with Gasteiger partial charge in [0.1, 0.15) is 5.82 Å². The van der Waals surface area contributed by atoms with E-state index in [4.69, 9.17) is 4.74 Å². The molecule has 4 nitrogen and oxygen atoms in total. The van der Waals surface area contributed by atoms with Gasteiger partial charge in [0.05, 0.1) is 6.61 Å². The van der Waals surface area contributed by atoms with Gasteiger partial charge in [-0.2, -0.15) is 0 Å². The first-order valence-corrected chi connectivity index (χ1v) is 11.3. The van der Waals surface area contributed by atoms with Gasteiger partial charge in [-0.1, -0.05) is 30.3 Å². The van der Waals surface area contributed by atoms with Gasteiger partial charge in [0.15, 0.2) is 0 Å². The molecule has 0 spiro atoms. The number of likely N-dealkylation sites (tertiary alicyclic amines) is 1. The predicted octanol–water partition coefficient (Wildman–Crippen LogP) is 5.37. The van der Waals surface area contributed by atoms with Crippen molar-refractivity contribution >= 4 is 5.91 Å². The number of hydrogen-bond donors (Lipinski definition) is 0. The van der Waals surface area contributed by atoms with Gasteiger partial charge in [0, 0.05) is 43.1 Å². The summed E-state index contributed by atoms with van der Waals surface area (Å²) in [5.41, 5.74) is 4.78. The summed E-state index contributed by atoms with van der Waals surface area (Å²) in [6.45, 7) is 4.66. The first kappa shape index (κ1) is 22.2. The van der Waals surface area contributed by atoms with Gasteiger partial charge < -0.3 is 9.64 Å². The highest BCUT2D eigenvalue weighted by atomic mass is 19.1. The van der Waals surface area contributed by atoms with Crippen LogP contribution in [0.25, 0.3) is 0 Å². The Morgan fingerprint density at radius 1 is 1.09 bits per heavy atom. The molecule has 3 aromatic rings. The maximum atomic E-state index is 13.4. The number of carbonyl (C=O) groups excluding carboxylic acids is 1. The lowest BCUT2D eigenvalue weighted by molar-refractivity contribution is 0.0705. The number of rotatable bonds is 7. The fourth-order valence-corrected chi connectivity index (χ4v) is 4.21. The van der Waals surface area contributed by atoms with Gasteiger partial charge in [-0.15, -0.1) is 0 Å². The van der Waals surface area contributed by atoms with E-state index in [1.807, 2.05) is 48.4 Å². The first-order valence-electron chi connectivity index (χ1n) is 11.3. The lowest BCUT2D eigenvalue weighted by Gasteiger charge is -2.32. The molecule has 0 saturated carbocycles. The molecule has 1 aliphatic heterocycles. The molecule has 1 saturated heterocycles. The van der Waals surface area contributed by atoms with Gasteiger partial charge in [-0.3, -0.25) is 9.78 Å². The fourth-order valence-electron chi connectivity index (χ4n) is 4.21. The molecule has 1 atom stereocenters. The van der Waals surface area contributed by atoms with E-state index in [9.17, 15) is 9.18 Å². The number of piperidine rings is 1. The van der Waals surface area contributed by atoms with E-state index < -0.39 is 0 Å². The van der Waals surface area contributed by atoms with Crippen molar-refractivity contribution in [2.75, 3.05) is 19.7 Å². The fraction of sp³-hybridized carbons (Fsp3) is 0.333. The van der Waals surface area contributed by atoms with E-state index in [2.05, 4.69) is 17.1 Å². The van der Waals surface area contributed by atoms with Gasteiger partial charge in [-0.25, -0.2) is 4.39 Å². The molecule has 32 heavy (non-hydrogen) atoms. The third-order valence-electron chi connectivity index (χ3n) is 5.95. The highest BCUT2D eigenvalue weighted by molar-refractivity contribution is 5.94. The third kappa shape index (κ3) is 5.60. The number of amides is 1. The number of nitrogens with zero attached hydrogens (tertiary/aromatic N) is 2. The maximum absolute atomic E-state index is 13.4. The van der Waals surface area contributed by atoms with Crippen LogP contribution in [0.4, 0.5) is 4.39 Å². The Hall–Kier alpha value is -3.05. The molecule has 5 heteroatoms. The SMILES string of the molecule is CCOCc1ccc(C(=O)N2CCC[C@@H](c3ccc(Cc4cccc(F)c4)cn3)C2)cc1. The summed E-state index contributed by atoms with van der Waals surface area (Å²) in [6, 6.07) is 18.5. The molecular formula is C27H29FN2O2. The predicted molar refractivity (Wildman–Crippen MR) is 123 cm³/mol. The molecule has 166 valence electrons. The summed E-state index contributed by atoms with van der Waals surface area (Å²) in [4.78, 5) is 19.7. The molecule has 0 N–H and O–H groups in total. The minimum Gasteiger partial charge on any atom is -0.377 e. The molecule has 1 amide bonds. The van der Waals surface area contributed by atoms with Crippen molar-refractivity contribution in [2.45, 2.75) is 38.7 Å². The van der Waals surface area contributed by atoms with Crippen LogP contribution >= 0.6 is 0 Å². The van der Waals surface area contributed by atoms with Crippen LogP contribution in [0.15, 0.2) is 66.9 Å². The first-order chi connectivity index (χ1) is 15.6. The van der Waals surface area contributed by atoms with E-state index in [0.29, 0.717) is 31.7 Å². The minimum absolute atomic E-state index is 0.0698. The zero-order valence-corrected chi connectivity index (χ0v) is 18.5. The normalized spacial score (nSPS) is 16.2. The Labute approximate surface area is 189 Å². The maximum Gasteiger partial charge on any atom is 0.253 e. The molecule has 0 unspecified atom stereocenters. The second-order valence-electron chi connectivity index (χ2n) is 8.32. The molecular weight excluding hydrogens is 403 g/mol. The van der Waals surface area contributed by atoms with Gasteiger partial charge >= 0.3 is 0 Å². The highest BCUT2D eigenvalue weighted by Crippen LogP contribution is 2.27. The standard InChI is InChI=1S/C27H29FN2O2/c1-2-32-19-20-8-11-23(12-9-20)27(31)30-14-4-6-24(18-30)26-13-10-22(17-29-26)15-21-5-3-7-25(28)16-21/h3,5,7-13,16-17,24H,2,4,6,14-15,18-19H2,1H3/t24-/m1/s1. The minimum atomic E-state index is -0.219. The largest absolute Gasteiger partial charge is 0.377 e. The Balaban J connectivity index is 1.38. The molecule has 1 fully saturated rings. The zero-order valence-electron chi connectivity index (χ0n) is 18.5. The van der Waals surface area contributed by atoms with Crippen LogP contribution in [-0.2, 0) is 17.8 Å². The highest BCUT2D eigenvalue weighted by Gasteiger charge is 2.26. The number of benzene rings is 2. The quantitative estimate of drug-likeness (QED) is 0.504. The summed E-state index contributed by atoms with van der Waals surface area (Å²) in [6.07, 6.45) is 4.51. The monoisotopic (exact) mass is 432 g/mol. The molecule has 4 rings (SSSR count). The van der Waals surface area contributed by atoms with Crippen molar-refractivity contribution in [1.82, 2.24) is 9.88 Å². The molecule has 0 bridgehead atoms.